The highest BCUT2D eigenvalue weighted by Crippen LogP contribution is 2.36. The van der Waals surface area contributed by atoms with Gasteiger partial charge in [0.2, 0.25) is 5.16 Å². The van der Waals surface area contributed by atoms with Crippen LogP contribution in [0.2, 0.25) is 0 Å². The predicted molar refractivity (Wildman–Crippen MR) is 127 cm³/mol. The standard InChI is InChI=1S/C21H21N7O4S.ClH/c1-27-21(24-25-26-27)33-18-9-7-14(28(31)32)11-16(18)20(30)23-17-8-6-13(10-15(17)19(22)29)12-4-2-3-5-12;/h6-12H,2-5H2,1H3,(H2,22,29)(H,23,30);1H. The van der Waals surface area contributed by atoms with Crippen LogP contribution in [0.25, 0.3) is 0 Å². The van der Waals surface area contributed by atoms with E-state index in [1.54, 1.807) is 19.2 Å². The molecule has 178 valence electrons. The molecule has 1 aliphatic carbocycles. The Balaban J connectivity index is 0.00000324. The number of halogens is 1. The molecule has 0 radical (unpaired) electrons. The number of amides is 2. The molecular formula is C21H22ClN7O4S. The lowest BCUT2D eigenvalue weighted by Crippen LogP contribution is -2.19. The molecule has 0 spiro atoms. The van der Waals surface area contributed by atoms with Gasteiger partial charge in [-0.15, -0.1) is 17.5 Å². The number of carbonyl (C=O) groups excluding carboxylic acids is 2. The van der Waals surface area contributed by atoms with E-state index in [4.69, 9.17) is 5.73 Å². The Kier molecular flexibility index (Phi) is 7.84. The lowest BCUT2D eigenvalue weighted by molar-refractivity contribution is -0.384. The zero-order chi connectivity index (χ0) is 23.5. The Morgan fingerprint density at radius 1 is 1.18 bits per heavy atom. The largest absolute Gasteiger partial charge is 0.366 e. The number of primary amides is 1. The number of anilines is 1. The number of carbonyl (C=O) groups is 2. The highest BCUT2D eigenvalue weighted by Gasteiger charge is 2.23. The maximum Gasteiger partial charge on any atom is 0.270 e. The van der Waals surface area contributed by atoms with Crippen molar-refractivity contribution in [2.24, 2.45) is 12.8 Å². The molecule has 0 saturated heterocycles. The molecule has 0 bridgehead atoms. The minimum absolute atomic E-state index is 0. The van der Waals surface area contributed by atoms with Crippen molar-refractivity contribution < 1.29 is 14.5 Å². The Bertz CT molecular complexity index is 1240. The number of benzene rings is 2. The fourth-order valence-corrected chi connectivity index (χ4v) is 4.72. The van der Waals surface area contributed by atoms with Gasteiger partial charge in [0.05, 0.1) is 21.7 Å². The smallest absolute Gasteiger partial charge is 0.270 e. The van der Waals surface area contributed by atoms with Gasteiger partial charge >= 0.3 is 0 Å². The highest BCUT2D eigenvalue weighted by molar-refractivity contribution is 7.99. The van der Waals surface area contributed by atoms with Crippen molar-refractivity contribution in [3.63, 3.8) is 0 Å². The molecule has 0 atom stereocenters. The molecule has 1 aromatic heterocycles. The van der Waals surface area contributed by atoms with Crippen LogP contribution in [-0.2, 0) is 7.05 Å². The van der Waals surface area contributed by atoms with E-state index >= 15 is 0 Å². The third kappa shape index (κ3) is 5.34. The summed E-state index contributed by atoms with van der Waals surface area (Å²) in [6, 6.07) is 9.20. The van der Waals surface area contributed by atoms with Crippen molar-refractivity contribution in [3.05, 3.63) is 63.2 Å². The van der Waals surface area contributed by atoms with Crippen LogP contribution in [0.15, 0.2) is 46.5 Å². The van der Waals surface area contributed by atoms with E-state index in [1.165, 1.54) is 22.9 Å². The van der Waals surface area contributed by atoms with Crippen molar-refractivity contribution >= 4 is 47.4 Å². The lowest BCUT2D eigenvalue weighted by atomic mass is 9.95. The summed E-state index contributed by atoms with van der Waals surface area (Å²) < 4.78 is 1.42. The number of nitro benzene ring substituents is 1. The summed E-state index contributed by atoms with van der Waals surface area (Å²) in [5.74, 6) is -0.913. The van der Waals surface area contributed by atoms with Gasteiger partial charge in [-0.05, 0) is 64.7 Å². The molecule has 1 heterocycles. The summed E-state index contributed by atoms with van der Waals surface area (Å²) in [5.41, 5.74) is 6.85. The van der Waals surface area contributed by atoms with E-state index < -0.39 is 16.7 Å². The van der Waals surface area contributed by atoms with Gasteiger partial charge in [-0.3, -0.25) is 19.7 Å². The number of hydrogen-bond donors (Lipinski definition) is 2. The summed E-state index contributed by atoms with van der Waals surface area (Å²) in [7, 11) is 1.64. The van der Waals surface area contributed by atoms with Crippen molar-refractivity contribution in [2.75, 3.05) is 5.32 Å². The van der Waals surface area contributed by atoms with Crippen molar-refractivity contribution in [1.29, 1.82) is 0 Å². The average Bonchev–Trinajstić information content (AvgIpc) is 3.46. The second-order valence-corrected chi connectivity index (χ2v) is 8.74. The summed E-state index contributed by atoms with van der Waals surface area (Å²) in [6.45, 7) is 0. The Hall–Kier alpha value is -3.51. The van der Waals surface area contributed by atoms with Crippen LogP contribution in [0.3, 0.4) is 0 Å². The topological polar surface area (TPSA) is 159 Å². The zero-order valence-corrected chi connectivity index (χ0v) is 19.8. The molecule has 3 N–H and O–H groups in total. The Morgan fingerprint density at radius 3 is 2.53 bits per heavy atom. The number of nitro groups is 1. The van der Waals surface area contributed by atoms with Gasteiger partial charge in [-0.1, -0.05) is 18.9 Å². The fourth-order valence-electron chi connectivity index (χ4n) is 3.88. The fraction of sp³-hybridized carbons (Fsp3) is 0.286. The first-order valence-electron chi connectivity index (χ1n) is 10.3. The summed E-state index contributed by atoms with van der Waals surface area (Å²) in [4.78, 5) is 36.4. The molecule has 34 heavy (non-hydrogen) atoms. The van der Waals surface area contributed by atoms with E-state index in [0.29, 0.717) is 16.0 Å². The van der Waals surface area contributed by atoms with Crippen LogP contribution < -0.4 is 11.1 Å². The predicted octanol–water partition coefficient (Wildman–Crippen LogP) is 3.70. The number of aromatic nitrogens is 4. The maximum atomic E-state index is 13.2. The van der Waals surface area contributed by atoms with Crippen molar-refractivity contribution in [1.82, 2.24) is 20.2 Å². The highest BCUT2D eigenvalue weighted by atomic mass is 35.5. The van der Waals surface area contributed by atoms with Gasteiger partial charge in [0.1, 0.15) is 0 Å². The normalized spacial score (nSPS) is 13.3. The molecule has 1 saturated carbocycles. The number of aryl methyl sites for hydroxylation is 1. The molecule has 3 aromatic rings. The molecule has 4 rings (SSSR count). The number of hydrogen-bond acceptors (Lipinski definition) is 8. The number of tetrazole rings is 1. The van der Waals surface area contributed by atoms with Crippen molar-refractivity contribution in [3.8, 4) is 0 Å². The lowest BCUT2D eigenvalue weighted by Gasteiger charge is -2.15. The van der Waals surface area contributed by atoms with E-state index in [9.17, 15) is 19.7 Å². The number of nitrogens with two attached hydrogens (primary N) is 1. The second-order valence-electron chi connectivity index (χ2n) is 7.73. The minimum atomic E-state index is -0.663. The van der Waals surface area contributed by atoms with Crippen LogP contribution in [0.1, 0.15) is 57.9 Å². The molecule has 13 heteroatoms. The number of nitrogens with zero attached hydrogens (tertiary/aromatic N) is 5. The molecule has 0 aliphatic heterocycles. The SMILES string of the molecule is Cl.Cn1nnnc1Sc1ccc([N+](=O)[O-])cc1C(=O)Nc1ccc(C2CCCC2)cc1C(N)=O. The molecule has 0 unspecified atom stereocenters. The quantitative estimate of drug-likeness (QED) is 0.364. The molecular weight excluding hydrogens is 482 g/mol. The van der Waals surface area contributed by atoms with Gasteiger partial charge < -0.3 is 11.1 Å². The van der Waals surface area contributed by atoms with E-state index in [2.05, 4.69) is 20.8 Å². The van der Waals surface area contributed by atoms with Crippen molar-refractivity contribution in [2.45, 2.75) is 41.7 Å². The Labute approximate surface area is 205 Å². The molecule has 1 fully saturated rings. The molecule has 1 aliphatic rings. The maximum absolute atomic E-state index is 13.2. The third-order valence-electron chi connectivity index (χ3n) is 5.58. The number of nitrogens with one attached hydrogen (secondary N) is 1. The summed E-state index contributed by atoms with van der Waals surface area (Å²) in [6.07, 6.45) is 4.39. The first-order valence-corrected chi connectivity index (χ1v) is 11.1. The monoisotopic (exact) mass is 503 g/mol. The van der Waals surface area contributed by atoms with Gasteiger partial charge in [-0.25, -0.2) is 4.68 Å². The first-order chi connectivity index (χ1) is 15.8. The van der Waals surface area contributed by atoms with Crippen LogP contribution >= 0.6 is 24.2 Å². The Morgan fingerprint density at radius 2 is 1.91 bits per heavy atom. The molecule has 2 aromatic carbocycles. The van der Waals surface area contributed by atoms with E-state index in [1.807, 2.05) is 6.07 Å². The third-order valence-corrected chi connectivity index (χ3v) is 6.69. The molecule has 11 nitrogen and oxygen atoms in total. The van der Waals surface area contributed by atoms with Crippen LogP contribution in [-0.4, -0.2) is 36.9 Å². The average molecular weight is 504 g/mol. The number of non-ortho nitro benzene ring substituents is 1. The van der Waals surface area contributed by atoms with Gasteiger partial charge in [0, 0.05) is 24.1 Å². The molecule has 2 amide bonds. The van der Waals surface area contributed by atoms with Gasteiger partial charge in [0.15, 0.2) is 0 Å². The summed E-state index contributed by atoms with van der Waals surface area (Å²) in [5, 5.41) is 25.6. The zero-order valence-electron chi connectivity index (χ0n) is 18.1. The van der Waals surface area contributed by atoms with E-state index in [0.717, 1.165) is 43.0 Å². The second kappa shape index (κ2) is 10.6. The van der Waals surface area contributed by atoms with E-state index in [-0.39, 0.29) is 34.9 Å². The number of rotatable bonds is 7. The van der Waals surface area contributed by atoms with Crippen LogP contribution in [0.4, 0.5) is 11.4 Å². The first kappa shape index (κ1) is 25.1. The summed E-state index contributed by atoms with van der Waals surface area (Å²) >= 11 is 1.09. The van der Waals surface area contributed by atoms with Crippen LogP contribution in [0, 0.1) is 10.1 Å². The van der Waals surface area contributed by atoms with Gasteiger partial charge in [0.25, 0.3) is 17.5 Å². The minimum Gasteiger partial charge on any atom is -0.366 e. The van der Waals surface area contributed by atoms with Crippen LogP contribution in [0.5, 0.6) is 0 Å². The van der Waals surface area contributed by atoms with Gasteiger partial charge in [-0.2, -0.15) is 0 Å².